The van der Waals surface area contributed by atoms with Crippen molar-refractivity contribution in [1.29, 1.82) is 0 Å². The molecular formula is C14H18F2N2O2. The van der Waals surface area contributed by atoms with E-state index in [4.69, 9.17) is 0 Å². The summed E-state index contributed by atoms with van der Waals surface area (Å²) in [5.41, 5.74) is -0.332. The van der Waals surface area contributed by atoms with Crippen LogP contribution in [-0.2, 0) is 4.74 Å². The molecule has 0 amide bonds. The zero-order valence-electron chi connectivity index (χ0n) is 11.3. The minimum absolute atomic E-state index is 0.0631. The Hall–Kier alpha value is -1.69. The molecule has 0 spiro atoms. The van der Waals surface area contributed by atoms with E-state index in [2.05, 4.69) is 15.4 Å². The van der Waals surface area contributed by atoms with E-state index in [0.29, 0.717) is 12.6 Å². The molecule has 0 aliphatic carbocycles. The Morgan fingerprint density at radius 3 is 2.90 bits per heavy atom. The quantitative estimate of drug-likeness (QED) is 0.815. The van der Waals surface area contributed by atoms with Crippen molar-refractivity contribution in [2.75, 3.05) is 25.5 Å². The van der Waals surface area contributed by atoms with Crippen molar-refractivity contribution in [3.63, 3.8) is 0 Å². The Labute approximate surface area is 116 Å². The molecule has 1 aromatic rings. The van der Waals surface area contributed by atoms with Gasteiger partial charge in [-0.3, -0.25) is 0 Å². The number of hydrogen-bond acceptors (Lipinski definition) is 4. The van der Waals surface area contributed by atoms with Crippen LogP contribution in [0.25, 0.3) is 0 Å². The van der Waals surface area contributed by atoms with Crippen molar-refractivity contribution in [1.82, 2.24) is 5.32 Å². The number of carbonyl (C=O) groups excluding carboxylic acids is 1. The van der Waals surface area contributed by atoms with E-state index >= 15 is 0 Å². The smallest absolute Gasteiger partial charge is 0.340 e. The molecule has 0 aromatic heterocycles. The van der Waals surface area contributed by atoms with Gasteiger partial charge < -0.3 is 15.4 Å². The number of rotatable bonds is 5. The van der Waals surface area contributed by atoms with E-state index in [1.807, 2.05) is 0 Å². The van der Waals surface area contributed by atoms with Crippen LogP contribution in [0.1, 0.15) is 29.6 Å². The Kier molecular flexibility index (Phi) is 4.89. The third-order valence-electron chi connectivity index (χ3n) is 3.46. The van der Waals surface area contributed by atoms with Gasteiger partial charge in [-0.1, -0.05) is 0 Å². The number of esters is 1. The highest BCUT2D eigenvalue weighted by molar-refractivity contribution is 5.90. The highest BCUT2D eigenvalue weighted by Crippen LogP contribution is 2.21. The average Bonchev–Trinajstić information content (AvgIpc) is 2.96. The van der Waals surface area contributed by atoms with E-state index in [-0.39, 0.29) is 5.69 Å². The molecule has 0 saturated carbocycles. The fourth-order valence-electron chi connectivity index (χ4n) is 2.34. The number of methoxy groups -OCH3 is 1. The van der Waals surface area contributed by atoms with Gasteiger partial charge in [-0.05, 0) is 37.9 Å². The summed E-state index contributed by atoms with van der Waals surface area (Å²) < 4.78 is 31.9. The third-order valence-corrected chi connectivity index (χ3v) is 3.46. The highest BCUT2D eigenvalue weighted by atomic mass is 19.2. The van der Waals surface area contributed by atoms with Crippen molar-refractivity contribution in [3.05, 3.63) is 29.3 Å². The Morgan fingerprint density at radius 2 is 2.25 bits per heavy atom. The summed E-state index contributed by atoms with van der Waals surface area (Å²) in [6.45, 7) is 1.56. The second-order valence-electron chi connectivity index (χ2n) is 4.79. The maximum absolute atomic E-state index is 13.8. The fraction of sp³-hybridized carbons (Fsp3) is 0.500. The first-order chi connectivity index (χ1) is 9.63. The molecular weight excluding hydrogens is 266 g/mol. The second-order valence-corrected chi connectivity index (χ2v) is 4.79. The zero-order chi connectivity index (χ0) is 14.5. The van der Waals surface area contributed by atoms with Gasteiger partial charge in [0.25, 0.3) is 0 Å². The molecule has 2 N–H and O–H groups in total. The molecule has 6 heteroatoms. The first kappa shape index (κ1) is 14.7. The summed E-state index contributed by atoms with van der Waals surface area (Å²) in [5, 5.41) is 6.19. The third kappa shape index (κ3) is 3.25. The molecule has 0 radical (unpaired) electrons. The number of halogens is 2. The topological polar surface area (TPSA) is 50.4 Å². The van der Waals surface area contributed by atoms with Gasteiger partial charge in [0.1, 0.15) is 0 Å². The molecule has 2 rings (SSSR count). The van der Waals surface area contributed by atoms with Crippen LogP contribution < -0.4 is 10.6 Å². The van der Waals surface area contributed by atoms with E-state index in [1.54, 1.807) is 0 Å². The van der Waals surface area contributed by atoms with Crippen LogP contribution >= 0.6 is 0 Å². The molecule has 1 aliphatic heterocycles. The van der Waals surface area contributed by atoms with Gasteiger partial charge in [-0.25, -0.2) is 13.6 Å². The van der Waals surface area contributed by atoms with Crippen molar-refractivity contribution in [2.45, 2.75) is 25.3 Å². The predicted molar refractivity (Wildman–Crippen MR) is 71.8 cm³/mol. The number of nitrogens with one attached hydrogen (secondary N) is 2. The highest BCUT2D eigenvalue weighted by Gasteiger charge is 2.19. The Bertz CT molecular complexity index is 488. The summed E-state index contributed by atoms with van der Waals surface area (Å²) in [5.74, 6) is -3.11. The molecule has 110 valence electrons. The van der Waals surface area contributed by atoms with Gasteiger partial charge in [0.05, 0.1) is 18.4 Å². The van der Waals surface area contributed by atoms with Crippen LogP contribution in [0.15, 0.2) is 12.1 Å². The van der Waals surface area contributed by atoms with E-state index in [0.717, 1.165) is 32.9 Å². The van der Waals surface area contributed by atoms with Crippen LogP contribution in [0.3, 0.4) is 0 Å². The van der Waals surface area contributed by atoms with Crippen LogP contribution in [0.4, 0.5) is 14.5 Å². The Balaban J connectivity index is 1.98. The van der Waals surface area contributed by atoms with Gasteiger partial charge in [-0.15, -0.1) is 0 Å². The first-order valence-corrected chi connectivity index (χ1v) is 6.67. The number of carbonyl (C=O) groups is 1. The van der Waals surface area contributed by atoms with Gasteiger partial charge in [-0.2, -0.15) is 0 Å². The standard InChI is InChI=1S/C14H18F2N2O2/c1-20-14(19)10-4-5-11(13(16)12(10)15)18-8-6-9-3-2-7-17-9/h4-5,9,17-18H,2-3,6-8H2,1H3/t9-/m0/s1. The minimum atomic E-state index is -1.18. The largest absolute Gasteiger partial charge is 0.465 e. The van der Waals surface area contributed by atoms with E-state index in [9.17, 15) is 13.6 Å². The lowest BCUT2D eigenvalue weighted by molar-refractivity contribution is 0.0594. The van der Waals surface area contributed by atoms with Crippen molar-refractivity contribution >= 4 is 11.7 Å². The predicted octanol–water partition coefficient (Wildman–Crippen LogP) is 2.31. The van der Waals surface area contributed by atoms with Crippen LogP contribution in [-0.4, -0.2) is 32.2 Å². The van der Waals surface area contributed by atoms with Gasteiger partial charge in [0.15, 0.2) is 11.6 Å². The number of benzene rings is 1. The average molecular weight is 284 g/mol. The summed E-state index contributed by atoms with van der Waals surface area (Å²) in [6.07, 6.45) is 3.11. The molecule has 1 aliphatic rings. The summed E-state index contributed by atoms with van der Waals surface area (Å²) in [6, 6.07) is 3.01. The molecule has 1 aromatic carbocycles. The monoisotopic (exact) mass is 284 g/mol. The second kappa shape index (κ2) is 6.65. The molecule has 1 heterocycles. The first-order valence-electron chi connectivity index (χ1n) is 6.67. The lowest BCUT2D eigenvalue weighted by Gasteiger charge is -2.13. The lowest BCUT2D eigenvalue weighted by Crippen LogP contribution is -2.24. The summed E-state index contributed by atoms with van der Waals surface area (Å²) >= 11 is 0. The maximum atomic E-state index is 13.8. The summed E-state index contributed by atoms with van der Waals surface area (Å²) in [7, 11) is 1.13. The molecule has 1 atom stereocenters. The molecule has 0 unspecified atom stereocenters. The lowest BCUT2D eigenvalue weighted by atomic mass is 10.1. The summed E-state index contributed by atoms with van der Waals surface area (Å²) in [4.78, 5) is 11.2. The molecule has 0 bridgehead atoms. The fourth-order valence-corrected chi connectivity index (χ4v) is 2.34. The van der Waals surface area contributed by atoms with Crippen LogP contribution in [0, 0.1) is 11.6 Å². The normalized spacial score (nSPS) is 18.1. The minimum Gasteiger partial charge on any atom is -0.465 e. The van der Waals surface area contributed by atoms with Crippen molar-refractivity contribution < 1.29 is 18.3 Å². The van der Waals surface area contributed by atoms with E-state index < -0.39 is 23.2 Å². The number of hydrogen-bond donors (Lipinski definition) is 2. The maximum Gasteiger partial charge on any atom is 0.340 e. The van der Waals surface area contributed by atoms with E-state index in [1.165, 1.54) is 12.1 Å². The molecule has 4 nitrogen and oxygen atoms in total. The SMILES string of the molecule is COC(=O)c1ccc(NCC[C@@H]2CCCN2)c(F)c1F. The van der Waals surface area contributed by atoms with Crippen LogP contribution in [0.5, 0.6) is 0 Å². The molecule has 1 saturated heterocycles. The van der Waals surface area contributed by atoms with Crippen molar-refractivity contribution in [3.8, 4) is 0 Å². The zero-order valence-corrected chi connectivity index (χ0v) is 11.3. The number of anilines is 1. The molecule has 1 fully saturated rings. The Morgan fingerprint density at radius 1 is 1.45 bits per heavy atom. The van der Waals surface area contributed by atoms with Gasteiger partial charge in [0, 0.05) is 12.6 Å². The van der Waals surface area contributed by atoms with Crippen molar-refractivity contribution in [2.24, 2.45) is 0 Å². The van der Waals surface area contributed by atoms with Crippen LogP contribution in [0.2, 0.25) is 0 Å². The van der Waals surface area contributed by atoms with Gasteiger partial charge in [0.2, 0.25) is 0 Å². The number of ether oxygens (including phenoxy) is 1. The molecule has 20 heavy (non-hydrogen) atoms. The van der Waals surface area contributed by atoms with Gasteiger partial charge >= 0.3 is 5.97 Å².